The van der Waals surface area contributed by atoms with Crippen molar-refractivity contribution in [3.05, 3.63) is 10.4 Å². The first-order valence-electron chi connectivity index (χ1n) is 7.69. The van der Waals surface area contributed by atoms with Gasteiger partial charge in [-0.1, -0.05) is 13.8 Å². The van der Waals surface area contributed by atoms with Gasteiger partial charge in [-0.15, -0.1) is 5.01 Å². The minimum Gasteiger partial charge on any atom is -0.737 e. The number of amides is 3. The van der Waals surface area contributed by atoms with Crippen molar-refractivity contribution in [2.24, 2.45) is 16.9 Å². The van der Waals surface area contributed by atoms with E-state index in [2.05, 4.69) is 15.9 Å². The molecule has 0 unspecified atom stereocenters. The van der Waals surface area contributed by atoms with E-state index >= 15 is 0 Å². The molecule has 1 heterocycles. The van der Waals surface area contributed by atoms with E-state index in [4.69, 9.17) is 5.73 Å². The van der Waals surface area contributed by atoms with Crippen LogP contribution in [0.4, 0.5) is 0 Å². The molecule has 2 atom stereocenters. The van der Waals surface area contributed by atoms with Crippen LogP contribution in [0.5, 0.6) is 0 Å². The van der Waals surface area contributed by atoms with E-state index in [9.17, 15) is 24.8 Å². The summed E-state index contributed by atoms with van der Waals surface area (Å²) in [5, 5.41) is 29.9. The molecule has 11 nitrogen and oxygen atoms in total. The quantitative estimate of drug-likeness (QED) is 0.171. The van der Waals surface area contributed by atoms with Crippen LogP contribution in [0.25, 0.3) is 0 Å². The van der Waals surface area contributed by atoms with E-state index in [1.165, 1.54) is 0 Å². The summed E-state index contributed by atoms with van der Waals surface area (Å²) in [5.74, 6) is -1.68. The van der Waals surface area contributed by atoms with Crippen LogP contribution in [0.3, 0.4) is 0 Å². The number of hydrazine groups is 1. The van der Waals surface area contributed by atoms with Gasteiger partial charge >= 0.3 is 29.6 Å². The molecule has 1 rings (SSSR count). The van der Waals surface area contributed by atoms with Gasteiger partial charge in [-0.3, -0.25) is 14.4 Å². The van der Waals surface area contributed by atoms with E-state index in [1.807, 2.05) is 13.8 Å². The van der Waals surface area contributed by atoms with Gasteiger partial charge < -0.3 is 26.8 Å². The molecule has 0 saturated carbocycles. The third kappa shape index (κ3) is 7.45. The molecule has 0 bridgehead atoms. The minimum absolute atomic E-state index is 0. The summed E-state index contributed by atoms with van der Waals surface area (Å²) in [6.45, 7) is 3.65. The van der Waals surface area contributed by atoms with Gasteiger partial charge in [0.15, 0.2) is 6.04 Å². The molecular weight excluding hydrogens is 343 g/mol. The normalized spacial score (nSPS) is 18.4. The Morgan fingerprint density at radius 3 is 2.56 bits per heavy atom. The van der Waals surface area contributed by atoms with Crippen LogP contribution in [0.2, 0.25) is 0 Å². The second-order valence-electron chi connectivity index (χ2n) is 6.03. The zero-order valence-corrected chi connectivity index (χ0v) is 16.7. The van der Waals surface area contributed by atoms with Gasteiger partial charge in [0.25, 0.3) is 0 Å². The van der Waals surface area contributed by atoms with Crippen molar-refractivity contribution in [1.82, 2.24) is 15.6 Å². The Morgan fingerprint density at radius 2 is 2.04 bits per heavy atom. The first kappa shape index (κ1) is 23.4. The zero-order chi connectivity index (χ0) is 18.3. The van der Waals surface area contributed by atoms with Gasteiger partial charge in [0.1, 0.15) is 6.04 Å². The van der Waals surface area contributed by atoms with Gasteiger partial charge in [-0.05, 0) is 30.5 Å². The maximum atomic E-state index is 12.4. The van der Waals surface area contributed by atoms with Gasteiger partial charge in [0.2, 0.25) is 17.7 Å². The summed E-state index contributed by atoms with van der Waals surface area (Å²) in [7, 11) is 0. The Kier molecular flexibility index (Phi) is 10.4. The van der Waals surface area contributed by atoms with Crippen LogP contribution >= 0.6 is 0 Å². The van der Waals surface area contributed by atoms with Gasteiger partial charge in [0, 0.05) is 4.97 Å². The molecule has 1 aliphatic heterocycles. The Balaban J connectivity index is 0.00000576. The molecule has 12 heteroatoms. The standard InChI is InChI=1S/C13H24N6O5.Na/c1-8(2)6-9(12(21)15-7-11(14)20)16-13(22)10-4-3-5-18(10)19(24)17-23;/h8-10,23H,3-7H2,1-2H3,(H2,14,20)(H,15,21)(H,16,22);/q;+1/p-1/b19-17-;/t9-,10-;/m0./s1. The predicted octanol–water partition coefficient (Wildman–Crippen LogP) is -4.04. The SMILES string of the molecule is CC(C)C[C@H](NC(=O)[C@@H]1CCCN1/[N+]([O-])=N/[O-])C(=O)NCC(N)=O.[Na+]. The monoisotopic (exact) mass is 366 g/mol. The molecule has 4 N–H and O–H groups in total. The number of carbonyl (C=O) groups excluding carboxylic acids is 3. The molecule has 0 spiro atoms. The fraction of sp³-hybridized carbons (Fsp3) is 0.769. The van der Waals surface area contributed by atoms with Crippen LogP contribution in [0.1, 0.15) is 33.1 Å². The first-order chi connectivity index (χ1) is 11.3. The van der Waals surface area contributed by atoms with E-state index in [0.717, 1.165) is 5.01 Å². The Bertz CT molecular complexity index is 515. The van der Waals surface area contributed by atoms with E-state index < -0.39 is 29.8 Å². The third-order valence-corrected chi connectivity index (χ3v) is 3.59. The Labute approximate surface area is 167 Å². The van der Waals surface area contributed by atoms with Crippen molar-refractivity contribution >= 4 is 17.7 Å². The maximum absolute atomic E-state index is 12.4. The number of hydrogen-bond donors (Lipinski definition) is 3. The molecule has 0 aromatic rings. The summed E-state index contributed by atoms with van der Waals surface area (Å²) < 4.78 is 0. The number of hydrogen-bond acceptors (Lipinski definition) is 6. The van der Waals surface area contributed by atoms with Crippen molar-refractivity contribution < 1.29 is 48.9 Å². The second kappa shape index (κ2) is 11.1. The number of nitrogens with two attached hydrogens (primary N) is 1. The maximum Gasteiger partial charge on any atom is 1.00 e. The van der Waals surface area contributed by atoms with Crippen molar-refractivity contribution in [2.45, 2.75) is 45.2 Å². The van der Waals surface area contributed by atoms with Crippen molar-refractivity contribution in [1.29, 1.82) is 0 Å². The molecule has 0 radical (unpaired) electrons. The number of nitrogens with zero attached hydrogens (tertiary/aromatic N) is 3. The number of rotatable bonds is 8. The predicted molar refractivity (Wildman–Crippen MR) is 82.7 cm³/mol. The average Bonchev–Trinajstić information content (AvgIpc) is 3.00. The minimum atomic E-state index is -0.872. The molecule has 1 fully saturated rings. The van der Waals surface area contributed by atoms with E-state index in [1.54, 1.807) is 0 Å². The second-order valence-corrected chi connectivity index (χ2v) is 6.03. The number of carbonyl (C=O) groups is 3. The smallest absolute Gasteiger partial charge is 0.737 e. The largest absolute Gasteiger partial charge is 1.00 e. The number of nitrogens with one attached hydrogen (secondary N) is 2. The van der Waals surface area contributed by atoms with Gasteiger partial charge in [-0.2, -0.15) is 0 Å². The number of primary amides is 1. The van der Waals surface area contributed by atoms with Gasteiger partial charge in [0.05, 0.1) is 13.1 Å². The molecule has 0 aromatic carbocycles. The Hall–Kier alpha value is -1.59. The average molecular weight is 366 g/mol. The first-order valence-corrected chi connectivity index (χ1v) is 7.69. The van der Waals surface area contributed by atoms with Crippen LogP contribution in [-0.2, 0) is 14.4 Å². The van der Waals surface area contributed by atoms with Crippen LogP contribution in [0.15, 0.2) is 5.28 Å². The van der Waals surface area contributed by atoms with E-state index in [-0.39, 0.29) is 53.5 Å². The van der Waals surface area contributed by atoms with Crippen molar-refractivity contribution in [2.75, 3.05) is 13.1 Å². The fourth-order valence-corrected chi connectivity index (χ4v) is 2.54. The van der Waals surface area contributed by atoms with Crippen LogP contribution in [-0.4, -0.2) is 52.9 Å². The molecule has 1 aliphatic rings. The zero-order valence-electron chi connectivity index (χ0n) is 14.7. The van der Waals surface area contributed by atoms with Crippen molar-refractivity contribution in [3.63, 3.8) is 0 Å². The van der Waals surface area contributed by atoms with Crippen molar-refractivity contribution in [3.8, 4) is 0 Å². The molecule has 0 aliphatic carbocycles. The molecule has 1 saturated heterocycles. The molecule has 25 heavy (non-hydrogen) atoms. The summed E-state index contributed by atoms with van der Waals surface area (Å²) in [6, 6.07) is -1.73. The van der Waals surface area contributed by atoms with Gasteiger partial charge in [-0.25, -0.2) is 0 Å². The molecule has 0 aromatic heterocycles. The van der Waals surface area contributed by atoms with Crippen LogP contribution < -0.4 is 45.9 Å². The summed E-state index contributed by atoms with van der Waals surface area (Å²) in [4.78, 5) is 35.1. The molecule has 3 amide bonds. The van der Waals surface area contributed by atoms with E-state index in [0.29, 0.717) is 19.3 Å². The fourth-order valence-electron chi connectivity index (χ4n) is 2.54. The van der Waals surface area contributed by atoms with Crippen LogP contribution in [0, 0.1) is 16.3 Å². The summed E-state index contributed by atoms with van der Waals surface area (Å²) >= 11 is 0. The molecule has 136 valence electrons. The third-order valence-electron chi connectivity index (χ3n) is 3.59. The Morgan fingerprint density at radius 1 is 1.40 bits per heavy atom. The summed E-state index contributed by atoms with van der Waals surface area (Å²) in [6.07, 6.45) is 1.27. The topological polar surface area (TPSA) is 166 Å². The summed E-state index contributed by atoms with van der Waals surface area (Å²) in [5.41, 5.74) is 4.98. The molecular formula is C13H23N6NaO5.